The van der Waals surface area contributed by atoms with Gasteiger partial charge in [0.2, 0.25) is 0 Å². The third-order valence-electron chi connectivity index (χ3n) is 3.65. The summed E-state index contributed by atoms with van der Waals surface area (Å²) in [5.74, 6) is -0.398. The summed E-state index contributed by atoms with van der Waals surface area (Å²) < 4.78 is 1.23. The average molecular weight is 351 g/mol. The number of hydrogen-bond acceptors (Lipinski definition) is 7. The molecule has 0 amide bonds. The van der Waals surface area contributed by atoms with Crippen LogP contribution >= 0.6 is 0 Å². The standard InChI is InChI=1S/C17H17N7O2/c1-22-16(18-20-21-22)17(24(25)26)19-23(12-14-8-4-2-5-9-14)13-15-10-6-3-7-11-15/h2-11H,12-13H2,1H3. The molecule has 0 bridgehead atoms. The molecule has 9 heteroatoms. The van der Waals surface area contributed by atoms with E-state index < -0.39 is 10.8 Å². The molecule has 0 atom stereocenters. The smallest absolute Gasteiger partial charge is 0.358 e. The molecule has 0 aliphatic rings. The molecule has 0 aliphatic heterocycles. The molecule has 0 unspecified atom stereocenters. The van der Waals surface area contributed by atoms with E-state index in [0.29, 0.717) is 13.1 Å². The second kappa shape index (κ2) is 7.97. The number of benzene rings is 2. The summed E-state index contributed by atoms with van der Waals surface area (Å²) >= 11 is 0. The average Bonchev–Trinajstić information content (AvgIpc) is 3.06. The highest BCUT2D eigenvalue weighted by Crippen LogP contribution is 2.12. The van der Waals surface area contributed by atoms with Gasteiger partial charge in [0.15, 0.2) is 0 Å². The second-order valence-corrected chi connectivity index (χ2v) is 5.60. The van der Waals surface area contributed by atoms with Crippen LogP contribution in [-0.4, -0.2) is 36.0 Å². The van der Waals surface area contributed by atoms with Crippen molar-refractivity contribution in [3.05, 3.63) is 87.7 Å². The summed E-state index contributed by atoms with van der Waals surface area (Å²) in [6.07, 6.45) is 0. The zero-order valence-corrected chi connectivity index (χ0v) is 14.1. The molecule has 0 saturated carbocycles. The first-order chi connectivity index (χ1) is 12.6. The van der Waals surface area contributed by atoms with Gasteiger partial charge in [-0.3, -0.25) is 0 Å². The molecular formula is C17H17N7O2. The van der Waals surface area contributed by atoms with E-state index in [1.807, 2.05) is 60.7 Å². The van der Waals surface area contributed by atoms with Crippen LogP contribution in [0.3, 0.4) is 0 Å². The maximum Gasteiger partial charge on any atom is 0.434 e. The maximum absolute atomic E-state index is 11.5. The van der Waals surface area contributed by atoms with E-state index in [-0.39, 0.29) is 5.82 Å². The Kier molecular flexibility index (Phi) is 5.28. The fourth-order valence-corrected chi connectivity index (χ4v) is 2.43. The van der Waals surface area contributed by atoms with E-state index in [1.165, 1.54) is 11.7 Å². The molecule has 0 radical (unpaired) electrons. The van der Waals surface area contributed by atoms with Crippen molar-refractivity contribution >= 4 is 5.84 Å². The monoisotopic (exact) mass is 351 g/mol. The number of nitro groups is 1. The largest absolute Gasteiger partial charge is 0.434 e. The third kappa shape index (κ3) is 4.26. The molecule has 0 N–H and O–H groups in total. The highest BCUT2D eigenvalue weighted by Gasteiger charge is 2.26. The van der Waals surface area contributed by atoms with Crippen LogP contribution in [0.2, 0.25) is 0 Å². The zero-order valence-electron chi connectivity index (χ0n) is 14.1. The van der Waals surface area contributed by atoms with Crippen molar-refractivity contribution in [2.75, 3.05) is 0 Å². The van der Waals surface area contributed by atoms with Gasteiger partial charge < -0.3 is 10.1 Å². The minimum absolute atomic E-state index is 0.00104. The number of aryl methyl sites for hydroxylation is 1. The number of aromatic nitrogens is 4. The van der Waals surface area contributed by atoms with Crippen molar-refractivity contribution < 1.29 is 4.92 Å². The van der Waals surface area contributed by atoms with Gasteiger partial charge in [-0.05, 0) is 26.5 Å². The van der Waals surface area contributed by atoms with Crippen LogP contribution in [0.1, 0.15) is 17.0 Å². The molecule has 132 valence electrons. The molecule has 0 fully saturated rings. The van der Waals surface area contributed by atoms with Gasteiger partial charge in [0, 0.05) is 7.05 Å². The van der Waals surface area contributed by atoms with E-state index in [9.17, 15) is 10.1 Å². The first-order valence-corrected chi connectivity index (χ1v) is 7.92. The lowest BCUT2D eigenvalue weighted by Gasteiger charge is -2.14. The predicted molar refractivity (Wildman–Crippen MR) is 94.5 cm³/mol. The van der Waals surface area contributed by atoms with Crippen molar-refractivity contribution in [3.8, 4) is 0 Å². The first-order valence-electron chi connectivity index (χ1n) is 7.92. The van der Waals surface area contributed by atoms with Crippen LogP contribution < -0.4 is 0 Å². The second-order valence-electron chi connectivity index (χ2n) is 5.60. The third-order valence-corrected chi connectivity index (χ3v) is 3.65. The van der Waals surface area contributed by atoms with E-state index in [0.717, 1.165) is 11.1 Å². The van der Waals surface area contributed by atoms with Crippen LogP contribution in [0.25, 0.3) is 0 Å². The summed E-state index contributed by atoms with van der Waals surface area (Å²) in [6, 6.07) is 19.3. The van der Waals surface area contributed by atoms with Gasteiger partial charge >= 0.3 is 5.84 Å². The number of hydrogen-bond donors (Lipinski definition) is 0. The first kappa shape index (κ1) is 17.2. The van der Waals surface area contributed by atoms with Crippen LogP contribution in [0.5, 0.6) is 0 Å². The van der Waals surface area contributed by atoms with Gasteiger partial charge in [-0.1, -0.05) is 65.8 Å². The lowest BCUT2D eigenvalue weighted by Crippen LogP contribution is -2.25. The maximum atomic E-state index is 11.5. The lowest BCUT2D eigenvalue weighted by molar-refractivity contribution is -0.351. The Balaban J connectivity index is 1.95. The SMILES string of the molecule is Cn1nnnc1C(=NN(Cc1ccccc1)Cc1ccccc1)[N+](=O)[O-]. The Labute approximate surface area is 149 Å². The highest BCUT2D eigenvalue weighted by molar-refractivity contribution is 5.88. The molecule has 1 aromatic heterocycles. The quantitative estimate of drug-likeness (QED) is 0.291. The van der Waals surface area contributed by atoms with Crippen molar-refractivity contribution in [1.82, 2.24) is 25.2 Å². The summed E-state index contributed by atoms with van der Waals surface area (Å²) in [4.78, 5) is 11.0. The van der Waals surface area contributed by atoms with Gasteiger partial charge in [-0.25, -0.2) is 4.68 Å². The van der Waals surface area contributed by atoms with Crippen LogP contribution in [0, 0.1) is 10.1 Å². The van der Waals surface area contributed by atoms with E-state index >= 15 is 0 Å². The molecular weight excluding hydrogens is 334 g/mol. The molecule has 3 aromatic rings. The molecule has 26 heavy (non-hydrogen) atoms. The summed E-state index contributed by atoms with van der Waals surface area (Å²) in [5.41, 5.74) is 1.98. The Hall–Kier alpha value is -3.62. The summed E-state index contributed by atoms with van der Waals surface area (Å²) in [5, 5.41) is 28.2. The molecule has 9 nitrogen and oxygen atoms in total. The normalized spacial score (nSPS) is 11.3. The highest BCUT2D eigenvalue weighted by atomic mass is 16.6. The minimum Gasteiger partial charge on any atom is -0.358 e. The number of hydrazone groups is 1. The summed E-state index contributed by atoms with van der Waals surface area (Å²) in [6.45, 7) is 0.830. The lowest BCUT2D eigenvalue weighted by atomic mass is 10.2. The van der Waals surface area contributed by atoms with Crippen molar-refractivity contribution in [2.24, 2.45) is 12.1 Å². The molecule has 2 aromatic carbocycles. The Morgan fingerprint density at radius 1 is 1.08 bits per heavy atom. The van der Waals surface area contributed by atoms with E-state index in [4.69, 9.17) is 0 Å². The van der Waals surface area contributed by atoms with Crippen molar-refractivity contribution in [1.29, 1.82) is 0 Å². The fraction of sp³-hybridized carbons (Fsp3) is 0.176. The van der Waals surface area contributed by atoms with E-state index in [2.05, 4.69) is 20.6 Å². The molecule has 3 rings (SSSR count). The van der Waals surface area contributed by atoms with E-state index in [1.54, 1.807) is 5.01 Å². The topological polar surface area (TPSA) is 102 Å². The predicted octanol–water partition coefficient (Wildman–Crippen LogP) is 1.85. The van der Waals surface area contributed by atoms with Crippen molar-refractivity contribution in [2.45, 2.75) is 13.1 Å². The van der Waals surface area contributed by atoms with Crippen LogP contribution in [0.15, 0.2) is 65.8 Å². The van der Waals surface area contributed by atoms with Gasteiger partial charge in [-0.15, -0.1) is 0 Å². The van der Waals surface area contributed by atoms with Gasteiger partial charge in [0.1, 0.15) is 0 Å². The Bertz CT molecular complexity index is 852. The molecule has 0 aliphatic carbocycles. The fourth-order valence-electron chi connectivity index (χ4n) is 2.43. The zero-order chi connectivity index (χ0) is 18.4. The molecule has 0 saturated heterocycles. The number of tetrazole rings is 1. The Morgan fingerprint density at radius 2 is 1.62 bits per heavy atom. The molecule has 0 spiro atoms. The number of rotatable bonds is 6. The number of nitrogens with zero attached hydrogens (tertiary/aromatic N) is 7. The summed E-state index contributed by atoms with van der Waals surface area (Å²) in [7, 11) is 1.53. The van der Waals surface area contributed by atoms with Gasteiger partial charge in [0.05, 0.1) is 18.2 Å². The van der Waals surface area contributed by atoms with Crippen LogP contribution in [-0.2, 0) is 20.1 Å². The van der Waals surface area contributed by atoms with Gasteiger partial charge in [-0.2, -0.15) is 5.01 Å². The van der Waals surface area contributed by atoms with Crippen molar-refractivity contribution in [3.63, 3.8) is 0 Å². The molecule has 1 heterocycles. The minimum atomic E-state index is -0.575. The Morgan fingerprint density at radius 3 is 2.04 bits per heavy atom. The number of amidine groups is 1. The van der Waals surface area contributed by atoms with Crippen LogP contribution in [0.4, 0.5) is 0 Å². The van der Waals surface area contributed by atoms with Gasteiger partial charge in [0.25, 0.3) is 5.82 Å².